The number of fused-ring (bicyclic) bond motifs is 1. The molecule has 1 aromatic rings. The number of hydrogen-bond donors (Lipinski definition) is 1. The number of hydrogen-bond acceptors (Lipinski definition) is 2. The van der Waals surface area contributed by atoms with E-state index in [1.165, 1.54) is 24.4 Å². The number of nitrogens with two attached hydrogens (primary N) is 1. The Balaban J connectivity index is 0.000000845. The van der Waals surface area contributed by atoms with Crippen LogP contribution in [0.5, 0.6) is 0 Å². The average Bonchev–Trinajstić information content (AvgIpc) is 2.40. The number of halogens is 2. The van der Waals surface area contributed by atoms with Crippen LogP contribution in [0.4, 0.5) is 0 Å². The third-order valence-electron chi connectivity index (χ3n) is 2.58. The highest BCUT2D eigenvalue weighted by atomic mass is 35.5. The van der Waals surface area contributed by atoms with Gasteiger partial charge >= 0.3 is 0 Å². The van der Waals surface area contributed by atoms with Crippen LogP contribution in [0.1, 0.15) is 30.1 Å². The first-order valence-corrected chi connectivity index (χ1v) is 4.58. The molecule has 2 heterocycles. The lowest BCUT2D eigenvalue weighted by Crippen LogP contribution is -2.15. The molecular formula is C9H17Cl2N3. The molecule has 0 atom stereocenters. The summed E-state index contributed by atoms with van der Waals surface area (Å²) in [5.74, 6) is 1.24. The molecule has 0 amide bonds. The topological polar surface area (TPSA) is 43.8 Å². The van der Waals surface area contributed by atoms with Gasteiger partial charge in [-0.05, 0) is 19.8 Å². The zero-order valence-electron chi connectivity index (χ0n) is 8.32. The van der Waals surface area contributed by atoms with E-state index in [1.807, 2.05) is 6.92 Å². The van der Waals surface area contributed by atoms with Crippen LogP contribution in [0.3, 0.4) is 0 Å². The second-order valence-corrected chi connectivity index (χ2v) is 3.37. The molecule has 0 radical (unpaired) electrons. The maximum atomic E-state index is 5.66. The van der Waals surface area contributed by atoms with Crippen LogP contribution in [-0.2, 0) is 19.5 Å². The van der Waals surface area contributed by atoms with Gasteiger partial charge in [-0.1, -0.05) is 0 Å². The normalized spacial score (nSPS) is 13.9. The van der Waals surface area contributed by atoms with Crippen LogP contribution in [0.15, 0.2) is 0 Å². The van der Waals surface area contributed by atoms with Gasteiger partial charge in [0.05, 0.1) is 11.4 Å². The molecule has 2 N–H and O–H groups in total. The third kappa shape index (κ3) is 2.22. The largest absolute Gasteiger partial charge is 0.331 e. The first kappa shape index (κ1) is 13.8. The van der Waals surface area contributed by atoms with Crippen molar-refractivity contribution < 1.29 is 0 Å². The van der Waals surface area contributed by atoms with Crippen LogP contribution in [0, 0.1) is 6.92 Å². The molecule has 1 aliphatic heterocycles. The molecule has 3 nitrogen and oxygen atoms in total. The molecule has 1 aliphatic rings. The van der Waals surface area contributed by atoms with E-state index in [0.717, 1.165) is 18.7 Å². The standard InChI is InChI=1S/C9H15N3.2ClH/c1-7-8(6-10)12-5-3-2-4-9(12)11-7;;/h2-6,10H2,1H3;2*1H. The van der Waals surface area contributed by atoms with Crippen molar-refractivity contribution in [3.8, 4) is 0 Å². The minimum Gasteiger partial charge on any atom is -0.331 e. The summed E-state index contributed by atoms with van der Waals surface area (Å²) < 4.78 is 2.29. The first-order valence-electron chi connectivity index (χ1n) is 4.58. The molecule has 0 saturated carbocycles. The summed E-state index contributed by atoms with van der Waals surface area (Å²) in [5, 5.41) is 0. The van der Waals surface area contributed by atoms with E-state index in [2.05, 4.69) is 9.55 Å². The number of nitrogens with zero attached hydrogens (tertiary/aromatic N) is 2. The number of imidazole rings is 1. The molecule has 0 spiro atoms. The van der Waals surface area contributed by atoms with Crippen LogP contribution < -0.4 is 5.73 Å². The Hall–Kier alpha value is -0.250. The molecule has 14 heavy (non-hydrogen) atoms. The van der Waals surface area contributed by atoms with Gasteiger partial charge in [-0.15, -0.1) is 24.8 Å². The maximum absolute atomic E-state index is 5.66. The zero-order chi connectivity index (χ0) is 8.55. The smallest absolute Gasteiger partial charge is 0.109 e. The number of aromatic nitrogens is 2. The predicted molar refractivity (Wildman–Crippen MR) is 62.3 cm³/mol. The highest BCUT2D eigenvalue weighted by Crippen LogP contribution is 2.18. The summed E-state index contributed by atoms with van der Waals surface area (Å²) in [6.07, 6.45) is 3.68. The molecular weight excluding hydrogens is 221 g/mol. The van der Waals surface area contributed by atoms with Gasteiger partial charge in [0.25, 0.3) is 0 Å². The van der Waals surface area contributed by atoms with Crippen LogP contribution in [0.25, 0.3) is 0 Å². The fourth-order valence-corrected chi connectivity index (χ4v) is 1.94. The Morgan fingerprint density at radius 2 is 2.07 bits per heavy atom. The summed E-state index contributed by atoms with van der Waals surface area (Å²) in [7, 11) is 0. The highest BCUT2D eigenvalue weighted by molar-refractivity contribution is 5.85. The summed E-state index contributed by atoms with van der Waals surface area (Å²) in [5.41, 5.74) is 8.00. The SMILES string of the molecule is Cc1nc2n(c1CN)CCCC2.Cl.Cl. The predicted octanol–water partition coefficient (Wildman–Crippen LogP) is 1.83. The zero-order valence-corrected chi connectivity index (χ0v) is 9.96. The van der Waals surface area contributed by atoms with Crippen molar-refractivity contribution in [1.82, 2.24) is 9.55 Å². The quantitative estimate of drug-likeness (QED) is 0.811. The average molecular weight is 238 g/mol. The second kappa shape index (κ2) is 5.59. The lowest BCUT2D eigenvalue weighted by Gasteiger charge is -2.15. The van der Waals surface area contributed by atoms with Crippen molar-refractivity contribution in [2.24, 2.45) is 5.73 Å². The molecule has 82 valence electrons. The lowest BCUT2D eigenvalue weighted by molar-refractivity contribution is 0.508. The van der Waals surface area contributed by atoms with E-state index < -0.39 is 0 Å². The highest BCUT2D eigenvalue weighted by Gasteiger charge is 2.15. The molecule has 2 rings (SSSR count). The molecule has 0 bridgehead atoms. The Bertz CT molecular complexity index is 296. The van der Waals surface area contributed by atoms with E-state index in [1.54, 1.807) is 0 Å². The van der Waals surface area contributed by atoms with E-state index in [0.29, 0.717) is 6.54 Å². The van der Waals surface area contributed by atoms with Gasteiger partial charge in [0.1, 0.15) is 5.82 Å². The van der Waals surface area contributed by atoms with Gasteiger partial charge in [-0.2, -0.15) is 0 Å². The van der Waals surface area contributed by atoms with Crippen molar-refractivity contribution in [3.63, 3.8) is 0 Å². The molecule has 0 aliphatic carbocycles. The molecule has 0 aromatic carbocycles. The van der Waals surface area contributed by atoms with E-state index in [4.69, 9.17) is 5.73 Å². The van der Waals surface area contributed by atoms with E-state index >= 15 is 0 Å². The van der Waals surface area contributed by atoms with E-state index in [9.17, 15) is 0 Å². The van der Waals surface area contributed by atoms with Crippen LogP contribution >= 0.6 is 24.8 Å². The van der Waals surface area contributed by atoms with Crippen molar-refractivity contribution >= 4 is 24.8 Å². The molecule has 0 saturated heterocycles. The molecule has 0 unspecified atom stereocenters. The number of rotatable bonds is 1. The van der Waals surface area contributed by atoms with Gasteiger partial charge in [0.2, 0.25) is 0 Å². The van der Waals surface area contributed by atoms with Crippen molar-refractivity contribution in [2.45, 2.75) is 39.3 Å². The number of aryl methyl sites for hydroxylation is 2. The van der Waals surface area contributed by atoms with Crippen molar-refractivity contribution in [2.75, 3.05) is 0 Å². The summed E-state index contributed by atoms with van der Waals surface area (Å²) in [6.45, 7) is 3.79. The Morgan fingerprint density at radius 1 is 1.36 bits per heavy atom. The minimum absolute atomic E-state index is 0. The lowest BCUT2D eigenvalue weighted by atomic mass is 10.1. The minimum atomic E-state index is 0. The summed E-state index contributed by atoms with van der Waals surface area (Å²) in [4.78, 5) is 4.50. The van der Waals surface area contributed by atoms with Gasteiger partial charge in [0.15, 0.2) is 0 Å². The summed E-state index contributed by atoms with van der Waals surface area (Å²) >= 11 is 0. The molecule has 0 fully saturated rings. The van der Waals surface area contributed by atoms with Crippen molar-refractivity contribution in [1.29, 1.82) is 0 Å². The monoisotopic (exact) mass is 237 g/mol. The molecule has 5 heteroatoms. The van der Waals surface area contributed by atoms with Gasteiger partial charge in [-0.3, -0.25) is 0 Å². The second-order valence-electron chi connectivity index (χ2n) is 3.37. The summed E-state index contributed by atoms with van der Waals surface area (Å²) in [6, 6.07) is 0. The fourth-order valence-electron chi connectivity index (χ4n) is 1.94. The Morgan fingerprint density at radius 3 is 2.71 bits per heavy atom. The van der Waals surface area contributed by atoms with Gasteiger partial charge < -0.3 is 10.3 Å². The van der Waals surface area contributed by atoms with Crippen molar-refractivity contribution in [3.05, 3.63) is 17.2 Å². The van der Waals surface area contributed by atoms with Crippen LogP contribution in [-0.4, -0.2) is 9.55 Å². The third-order valence-corrected chi connectivity index (χ3v) is 2.58. The Labute approximate surface area is 96.9 Å². The van der Waals surface area contributed by atoms with Gasteiger partial charge in [0, 0.05) is 19.5 Å². The fraction of sp³-hybridized carbons (Fsp3) is 0.667. The Kier molecular flexibility index (Phi) is 5.49. The van der Waals surface area contributed by atoms with Crippen LogP contribution in [0.2, 0.25) is 0 Å². The molecule has 1 aromatic heterocycles. The van der Waals surface area contributed by atoms with E-state index in [-0.39, 0.29) is 24.8 Å². The van der Waals surface area contributed by atoms with Gasteiger partial charge in [-0.25, -0.2) is 4.98 Å². The maximum Gasteiger partial charge on any atom is 0.109 e. The first-order chi connectivity index (χ1) is 5.83.